The summed E-state index contributed by atoms with van der Waals surface area (Å²) in [5, 5.41) is 0.157. The zero-order valence-corrected chi connectivity index (χ0v) is 6.19. The van der Waals surface area contributed by atoms with Gasteiger partial charge in [-0.25, -0.2) is 0 Å². The van der Waals surface area contributed by atoms with E-state index in [1.54, 1.807) is 0 Å². The van der Waals surface area contributed by atoms with Crippen LogP contribution in [0.25, 0.3) is 0 Å². The van der Waals surface area contributed by atoms with Crippen LogP contribution in [0.4, 0.5) is 0 Å². The first-order valence-corrected chi connectivity index (χ1v) is 2.93. The van der Waals surface area contributed by atoms with E-state index >= 15 is 0 Å². The lowest BCUT2D eigenvalue weighted by molar-refractivity contribution is -0.104. The Balaban J connectivity index is 4.76. The number of allylic oxidation sites excluding steroid dienone is 3. The van der Waals surface area contributed by atoms with Crippen molar-refractivity contribution in [3.8, 4) is 0 Å². The third kappa shape index (κ3) is 2.07. The summed E-state index contributed by atoms with van der Waals surface area (Å²) in [4.78, 5) is 10.2. The molecule has 0 radical (unpaired) electrons. The highest BCUT2D eigenvalue weighted by molar-refractivity contribution is 6.33. The summed E-state index contributed by atoms with van der Waals surface area (Å²) in [6.07, 6.45) is 1.90. The van der Waals surface area contributed by atoms with Gasteiger partial charge in [0.05, 0.1) is 5.03 Å². The van der Waals surface area contributed by atoms with Crippen molar-refractivity contribution in [2.75, 3.05) is 0 Å². The SMILES string of the molecule is C=C/C(C=O)=C(/Cl)C(=C)N. The Labute approximate surface area is 64.7 Å². The number of hydrogen-bond acceptors (Lipinski definition) is 2. The Kier molecular flexibility index (Phi) is 3.51. The summed E-state index contributed by atoms with van der Waals surface area (Å²) in [6.45, 7) is 6.72. The van der Waals surface area contributed by atoms with Crippen molar-refractivity contribution in [1.82, 2.24) is 0 Å². The average molecular weight is 158 g/mol. The van der Waals surface area contributed by atoms with Crippen LogP contribution in [-0.4, -0.2) is 6.29 Å². The number of aldehydes is 1. The van der Waals surface area contributed by atoms with Crippen molar-refractivity contribution < 1.29 is 4.79 Å². The molecule has 0 saturated heterocycles. The van der Waals surface area contributed by atoms with Crippen LogP contribution >= 0.6 is 11.6 Å². The lowest BCUT2D eigenvalue weighted by Gasteiger charge is -1.96. The molecule has 2 N–H and O–H groups in total. The Morgan fingerprint density at radius 2 is 2.10 bits per heavy atom. The lowest BCUT2D eigenvalue weighted by atomic mass is 10.2. The molecule has 10 heavy (non-hydrogen) atoms. The van der Waals surface area contributed by atoms with Gasteiger partial charge in [-0.15, -0.1) is 0 Å². The molecule has 0 aliphatic rings. The molecule has 0 spiro atoms. The van der Waals surface area contributed by atoms with E-state index in [0.29, 0.717) is 6.29 Å². The fourth-order valence-corrected chi connectivity index (χ4v) is 0.497. The summed E-state index contributed by atoms with van der Waals surface area (Å²) in [5.41, 5.74) is 5.63. The second-order valence-electron chi connectivity index (χ2n) is 1.62. The zero-order valence-electron chi connectivity index (χ0n) is 5.43. The highest BCUT2D eigenvalue weighted by Crippen LogP contribution is 2.12. The molecule has 0 rings (SSSR count). The third-order valence-corrected chi connectivity index (χ3v) is 1.34. The van der Waals surface area contributed by atoms with Gasteiger partial charge in [-0.2, -0.15) is 0 Å². The van der Waals surface area contributed by atoms with Gasteiger partial charge in [-0.1, -0.05) is 30.8 Å². The molecule has 0 aliphatic carbocycles. The Morgan fingerprint density at radius 3 is 2.20 bits per heavy atom. The van der Waals surface area contributed by atoms with Crippen LogP contribution in [0.2, 0.25) is 0 Å². The Hall–Kier alpha value is -1.02. The van der Waals surface area contributed by atoms with E-state index < -0.39 is 0 Å². The summed E-state index contributed by atoms with van der Waals surface area (Å²) in [5.74, 6) is 0. The molecule has 0 aliphatic heterocycles. The van der Waals surface area contributed by atoms with E-state index in [-0.39, 0.29) is 16.3 Å². The second-order valence-corrected chi connectivity index (χ2v) is 1.99. The number of halogens is 1. The molecular weight excluding hydrogens is 150 g/mol. The largest absolute Gasteiger partial charge is 0.398 e. The van der Waals surface area contributed by atoms with Crippen molar-refractivity contribution in [2.45, 2.75) is 0 Å². The van der Waals surface area contributed by atoms with E-state index in [4.69, 9.17) is 17.3 Å². The highest BCUT2D eigenvalue weighted by atomic mass is 35.5. The van der Waals surface area contributed by atoms with E-state index in [0.717, 1.165) is 0 Å². The van der Waals surface area contributed by atoms with Gasteiger partial charge in [0, 0.05) is 11.3 Å². The van der Waals surface area contributed by atoms with Crippen molar-refractivity contribution in [3.05, 3.63) is 35.5 Å². The van der Waals surface area contributed by atoms with E-state index in [1.165, 1.54) is 6.08 Å². The van der Waals surface area contributed by atoms with Crippen LogP contribution in [0.1, 0.15) is 0 Å². The zero-order chi connectivity index (χ0) is 8.15. The molecule has 0 heterocycles. The van der Waals surface area contributed by atoms with Crippen LogP contribution in [0.5, 0.6) is 0 Å². The minimum absolute atomic E-state index is 0.157. The molecule has 0 amide bonds. The monoisotopic (exact) mass is 157 g/mol. The predicted molar refractivity (Wildman–Crippen MR) is 42.5 cm³/mol. The van der Waals surface area contributed by atoms with Gasteiger partial charge in [0.25, 0.3) is 0 Å². The Bertz CT molecular complexity index is 196. The quantitative estimate of drug-likeness (QED) is 0.382. The molecule has 2 nitrogen and oxygen atoms in total. The fourth-order valence-electron chi connectivity index (χ4n) is 0.375. The smallest absolute Gasteiger partial charge is 0.151 e. The molecule has 0 aromatic carbocycles. The van der Waals surface area contributed by atoms with Gasteiger partial charge in [0.1, 0.15) is 0 Å². The molecule has 0 aromatic rings. The molecule has 0 atom stereocenters. The summed E-state index contributed by atoms with van der Waals surface area (Å²) in [7, 11) is 0. The van der Waals surface area contributed by atoms with E-state index in [9.17, 15) is 4.79 Å². The van der Waals surface area contributed by atoms with Crippen molar-refractivity contribution in [3.63, 3.8) is 0 Å². The van der Waals surface area contributed by atoms with Gasteiger partial charge >= 0.3 is 0 Å². The van der Waals surface area contributed by atoms with Crippen molar-refractivity contribution >= 4 is 17.9 Å². The average Bonchev–Trinajstić information content (AvgIpc) is 1.90. The molecule has 3 heteroatoms. The highest BCUT2D eigenvalue weighted by Gasteiger charge is 1.99. The maximum atomic E-state index is 10.2. The summed E-state index contributed by atoms with van der Waals surface area (Å²) in [6, 6.07) is 0. The van der Waals surface area contributed by atoms with Crippen LogP contribution in [0.3, 0.4) is 0 Å². The molecular formula is C7H8ClNO. The topological polar surface area (TPSA) is 43.1 Å². The molecule has 0 bridgehead atoms. The number of nitrogens with two attached hydrogens (primary N) is 1. The number of carbonyl (C=O) groups excluding carboxylic acids is 1. The molecule has 0 aromatic heterocycles. The molecule has 0 saturated carbocycles. The van der Waals surface area contributed by atoms with E-state index in [1.807, 2.05) is 0 Å². The molecule has 0 unspecified atom stereocenters. The van der Waals surface area contributed by atoms with Gasteiger partial charge in [0.15, 0.2) is 6.29 Å². The number of hydrogen-bond donors (Lipinski definition) is 1. The van der Waals surface area contributed by atoms with Crippen LogP contribution in [0.15, 0.2) is 35.5 Å². The first kappa shape index (κ1) is 8.98. The lowest BCUT2D eigenvalue weighted by Crippen LogP contribution is -1.97. The number of carbonyl (C=O) groups is 1. The first-order chi connectivity index (χ1) is 4.63. The minimum Gasteiger partial charge on any atom is -0.398 e. The predicted octanol–water partition coefficient (Wildman–Crippen LogP) is 1.34. The van der Waals surface area contributed by atoms with Crippen LogP contribution in [-0.2, 0) is 4.79 Å². The van der Waals surface area contributed by atoms with Gasteiger partial charge < -0.3 is 5.73 Å². The van der Waals surface area contributed by atoms with Gasteiger partial charge in [-0.05, 0) is 0 Å². The minimum atomic E-state index is 0.157. The van der Waals surface area contributed by atoms with Crippen LogP contribution < -0.4 is 5.73 Å². The van der Waals surface area contributed by atoms with Gasteiger partial charge in [-0.3, -0.25) is 4.79 Å². The number of rotatable bonds is 3. The second kappa shape index (κ2) is 3.90. The van der Waals surface area contributed by atoms with E-state index in [2.05, 4.69) is 13.2 Å². The Morgan fingerprint density at radius 1 is 1.60 bits per heavy atom. The maximum Gasteiger partial charge on any atom is 0.151 e. The summed E-state index contributed by atoms with van der Waals surface area (Å²) < 4.78 is 0. The maximum absolute atomic E-state index is 10.2. The standard InChI is InChI=1S/C7H8ClNO/c1-3-6(4-10)7(8)5(2)9/h3-4H,1-2,9H2/b7-6-. The third-order valence-electron chi connectivity index (χ3n) is 0.882. The fraction of sp³-hybridized carbons (Fsp3) is 0. The molecule has 0 fully saturated rings. The molecule has 54 valence electrons. The van der Waals surface area contributed by atoms with Gasteiger partial charge in [0.2, 0.25) is 0 Å². The normalized spacial score (nSPS) is 11.7. The van der Waals surface area contributed by atoms with Crippen molar-refractivity contribution in [1.29, 1.82) is 0 Å². The summed E-state index contributed by atoms with van der Waals surface area (Å²) >= 11 is 5.53. The van der Waals surface area contributed by atoms with Crippen molar-refractivity contribution in [2.24, 2.45) is 5.73 Å². The van der Waals surface area contributed by atoms with Crippen LogP contribution in [0, 0.1) is 0 Å². The first-order valence-electron chi connectivity index (χ1n) is 2.55.